The molecule has 1 aliphatic rings. The predicted octanol–water partition coefficient (Wildman–Crippen LogP) is 6.60. The highest BCUT2D eigenvalue weighted by molar-refractivity contribution is 7.80. The van der Waals surface area contributed by atoms with Crippen molar-refractivity contribution in [3.8, 4) is 33.4 Å². The van der Waals surface area contributed by atoms with Crippen LogP contribution >= 0.6 is 32.9 Å². The molecule has 0 atom stereocenters. The van der Waals surface area contributed by atoms with Gasteiger partial charge in [-0.2, -0.15) is 0 Å². The summed E-state index contributed by atoms with van der Waals surface area (Å²) in [7, 11) is 8.42. The summed E-state index contributed by atoms with van der Waals surface area (Å²) in [4.78, 5) is 6.09. The second-order valence-corrected chi connectivity index (χ2v) is 12.1. The van der Waals surface area contributed by atoms with Crippen molar-refractivity contribution < 1.29 is 19.3 Å². The Bertz CT molecular complexity index is 1250. The third-order valence-electron chi connectivity index (χ3n) is 6.86. The topological polar surface area (TPSA) is 54.4 Å². The number of aromatic hydroxyl groups is 1. The van der Waals surface area contributed by atoms with E-state index in [1.54, 1.807) is 42.0 Å². The zero-order valence-electron chi connectivity index (χ0n) is 22.0. The second kappa shape index (κ2) is 13.1. The first-order valence-electron chi connectivity index (χ1n) is 12.6. The monoisotopic (exact) mass is 560 g/mol. The number of hydrogen-bond acceptors (Lipinski definition) is 9. The van der Waals surface area contributed by atoms with Crippen LogP contribution in [-0.2, 0) is 19.5 Å². The van der Waals surface area contributed by atoms with Gasteiger partial charge in [0.1, 0.15) is 15.3 Å². The summed E-state index contributed by atoms with van der Waals surface area (Å²) in [6, 6.07) is 9.87. The lowest BCUT2D eigenvalue weighted by molar-refractivity contribution is 0.120. The molecule has 0 amide bonds. The quantitative estimate of drug-likeness (QED) is 0.210. The van der Waals surface area contributed by atoms with Gasteiger partial charge in [0.05, 0.1) is 26.2 Å². The number of ether oxygens (including phenoxy) is 3. The third kappa shape index (κ3) is 6.64. The summed E-state index contributed by atoms with van der Waals surface area (Å²) in [6.07, 6.45) is 3.32. The number of methoxy groups -OCH3 is 3. The smallest absolute Gasteiger partial charge is 0.165 e. The van der Waals surface area contributed by atoms with Crippen molar-refractivity contribution >= 4 is 32.9 Å². The molecule has 2 aromatic carbocycles. The van der Waals surface area contributed by atoms with Crippen LogP contribution in [0.3, 0.4) is 0 Å². The van der Waals surface area contributed by atoms with E-state index >= 15 is 0 Å². The maximum atomic E-state index is 10.6. The van der Waals surface area contributed by atoms with Crippen LogP contribution in [0.4, 0.5) is 0 Å². The molecule has 0 radical (unpaired) electrons. The lowest BCUT2D eigenvalue weighted by Crippen LogP contribution is -2.45. The predicted molar refractivity (Wildman–Crippen MR) is 155 cm³/mol. The van der Waals surface area contributed by atoms with Crippen molar-refractivity contribution in [3.05, 3.63) is 50.8 Å². The van der Waals surface area contributed by atoms with Gasteiger partial charge in [-0.05, 0) is 48.2 Å². The third-order valence-corrected chi connectivity index (χ3v) is 10.1. The Hall–Kier alpha value is -2.17. The van der Waals surface area contributed by atoms with Gasteiger partial charge in [-0.25, -0.2) is 0 Å². The molecular formula is C28H36N2O4S3. The lowest BCUT2D eigenvalue weighted by Gasteiger charge is -2.35. The molecule has 0 spiro atoms. The second-order valence-electron chi connectivity index (χ2n) is 9.28. The molecule has 6 nitrogen and oxygen atoms in total. The Kier molecular flexibility index (Phi) is 9.83. The molecule has 2 heterocycles. The molecule has 1 aliphatic heterocycles. The zero-order chi connectivity index (χ0) is 26.4. The zero-order valence-corrected chi connectivity index (χ0v) is 24.5. The summed E-state index contributed by atoms with van der Waals surface area (Å²) in [6.45, 7) is 7.39. The molecule has 0 unspecified atom stereocenters. The Morgan fingerprint density at radius 1 is 0.892 bits per heavy atom. The van der Waals surface area contributed by atoms with Gasteiger partial charge >= 0.3 is 0 Å². The Balaban J connectivity index is 1.42. The van der Waals surface area contributed by atoms with Gasteiger partial charge < -0.3 is 19.3 Å². The molecule has 0 saturated carbocycles. The van der Waals surface area contributed by atoms with E-state index in [0.717, 1.165) is 90.5 Å². The van der Waals surface area contributed by atoms with E-state index in [1.165, 1.54) is 10.4 Å². The van der Waals surface area contributed by atoms with Crippen molar-refractivity contribution in [2.45, 2.75) is 39.3 Å². The van der Waals surface area contributed by atoms with Gasteiger partial charge in [0.25, 0.3) is 0 Å². The van der Waals surface area contributed by atoms with Crippen LogP contribution in [0.2, 0.25) is 0 Å². The number of phenols is 1. The number of benzene rings is 2. The summed E-state index contributed by atoms with van der Waals surface area (Å²) in [5, 5.41) is 10.6. The van der Waals surface area contributed by atoms with Crippen molar-refractivity contribution in [2.24, 2.45) is 0 Å². The molecule has 4 rings (SSSR count). The first kappa shape index (κ1) is 27.9. The minimum atomic E-state index is 0.355. The number of nitrogens with zero attached hydrogens (tertiary/aromatic N) is 2. The summed E-state index contributed by atoms with van der Waals surface area (Å²) >= 11 is 5.62. The number of hydrogen-bond donors (Lipinski definition) is 1. The van der Waals surface area contributed by atoms with Gasteiger partial charge in [0, 0.05) is 56.5 Å². The molecule has 0 bridgehead atoms. The standard InChI is InChI=1S/C28H36N2O4S3/c1-5-6-7-23-27(36-37-28(23)35)19-8-9-24(31)20(14-19)17-29-10-12-30(13-11-29)18-21-15-22(32-2)16-25(33-3)26(21)34-4/h8-9,14-16,31H,5-7,10-13,17-18H2,1-4H3. The summed E-state index contributed by atoms with van der Waals surface area (Å²) < 4.78 is 17.6. The molecular weight excluding hydrogens is 525 g/mol. The molecule has 37 heavy (non-hydrogen) atoms. The van der Waals surface area contributed by atoms with E-state index in [4.69, 9.17) is 26.4 Å². The van der Waals surface area contributed by atoms with Crippen LogP contribution < -0.4 is 14.2 Å². The van der Waals surface area contributed by atoms with Crippen LogP contribution in [-0.4, -0.2) is 62.4 Å². The molecule has 1 N–H and O–H groups in total. The number of phenolic OH excluding ortho intramolecular Hbond substituents is 1. The van der Waals surface area contributed by atoms with Gasteiger partial charge in [0.2, 0.25) is 0 Å². The van der Waals surface area contributed by atoms with Crippen molar-refractivity contribution in [2.75, 3.05) is 47.5 Å². The number of unbranched alkanes of at least 4 members (excludes halogenated alkanes) is 1. The molecule has 1 saturated heterocycles. The van der Waals surface area contributed by atoms with E-state index in [2.05, 4.69) is 22.8 Å². The number of rotatable bonds is 11. The highest BCUT2D eigenvalue weighted by Crippen LogP contribution is 2.38. The Labute approximate surface area is 232 Å². The largest absolute Gasteiger partial charge is 0.508 e. The first-order chi connectivity index (χ1) is 18.0. The SMILES string of the molecule is CCCCc1c(-c2ccc(O)c(CN3CCN(Cc4cc(OC)cc(OC)c4OC)CC3)c2)ssc1=S. The maximum absolute atomic E-state index is 10.6. The van der Waals surface area contributed by atoms with Crippen molar-refractivity contribution in [1.82, 2.24) is 9.80 Å². The molecule has 3 aromatic rings. The normalized spacial score (nSPS) is 14.6. The lowest BCUT2D eigenvalue weighted by atomic mass is 10.0. The van der Waals surface area contributed by atoms with Crippen LogP contribution in [0, 0.1) is 3.82 Å². The fraction of sp³-hybridized carbons (Fsp3) is 0.464. The first-order valence-corrected chi connectivity index (χ1v) is 15.2. The van der Waals surface area contributed by atoms with E-state index in [-0.39, 0.29) is 0 Å². The van der Waals surface area contributed by atoms with E-state index in [1.807, 2.05) is 24.3 Å². The van der Waals surface area contributed by atoms with Crippen LogP contribution in [0.25, 0.3) is 10.4 Å². The van der Waals surface area contributed by atoms with Crippen LogP contribution in [0.1, 0.15) is 36.5 Å². The highest BCUT2D eigenvalue weighted by Gasteiger charge is 2.22. The Morgan fingerprint density at radius 2 is 1.59 bits per heavy atom. The molecule has 200 valence electrons. The van der Waals surface area contributed by atoms with Crippen LogP contribution in [0.15, 0.2) is 30.3 Å². The maximum Gasteiger partial charge on any atom is 0.165 e. The van der Waals surface area contributed by atoms with E-state index < -0.39 is 0 Å². The van der Waals surface area contributed by atoms with Crippen LogP contribution in [0.5, 0.6) is 23.0 Å². The fourth-order valence-corrected chi connectivity index (χ4v) is 7.76. The molecule has 1 fully saturated rings. The van der Waals surface area contributed by atoms with Gasteiger partial charge in [-0.1, -0.05) is 46.2 Å². The molecule has 9 heteroatoms. The summed E-state index contributed by atoms with van der Waals surface area (Å²) in [5.41, 5.74) is 4.47. The molecule has 1 aromatic heterocycles. The van der Waals surface area contributed by atoms with Gasteiger partial charge in [-0.15, -0.1) is 0 Å². The average Bonchev–Trinajstić information content (AvgIpc) is 3.29. The van der Waals surface area contributed by atoms with Gasteiger partial charge in [-0.3, -0.25) is 9.80 Å². The minimum absolute atomic E-state index is 0.355. The fourth-order valence-electron chi connectivity index (χ4n) is 4.76. The van der Waals surface area contributed by atoms with Crippen molar-refractivity contribution in [1.29, 1.82) is 0 Å². The molecule has 0 aliphatic carbocycles. The Morgan fingerprint density at radius 3 is 2.22 bits per heavy atom. The van der Waals surface area contributed by atoms with Crippen molar-refractivity contribution in [3.63, 3.8) is 0 Å². The number of piperazine rings is 1. The van der Waals surface area contributed by atoms with Gasteiger partial charge in [0.15, 0.2) is 11.5 Å². The average molecular weight is 561 g/mol. The van der Waals surface area contributed by atoms with E-state index in [9.17, 15) is 5.11 Å². The van der Waals surface area contributed by atoms with E-state index in [0.29, 0.717) is 11.5 Å². The highest BCUT2D eigenvalue weighted by atomic mass is 32.9. The summed E-state index contributed by atoms with van der Waals surface area (Å²) in [5.74, 6) is 2.54. The minimum Gasteiger partial charge on any atom is -0.508 e.